The Morgan fingerprint density at radius 1 is 1.04 bits per heavy atom. The molecule has 2 unspecified atom stereocenters. The fraction of sp³-hybridized carbons (Fsp3) is 0.478. The standard InChI is InChI=1S/C23H27FO3/c1-4-6-15-7-8-16(13-15)26-19-11-9-17-18-10-12-20(25-5-2)21(24)23(18)27-22(17)14(19)3/h9-12,15-16H,4-8,13H2,1-3H3. The van der Waals surface area contributed by atoms with Gasteiger partial charge >= 0.3 is 0 Å². The first-order valence-electron chi connectivity index (χ1n) is 10.1. The molecule has 0 aliphatic heterocycles. The molecule has 0 radical (unpaired) electrons. The highest BCUT2D eigenvalue weighted by molar-refractivity contribution is 6.07. The maximum atomic E-state index is 14.7. The number of benzene rings is 2. The normalized spacial score (nSPS) is 19.9. The summed E-state index contributed by atoms with van der Waals surface area (Å²) in [6, 6.07) is 7.50. The van der Waals surface area contributed by atoms with E-state index in [9.17, 15) is 4.39 Å². The van der Waals surface area contributed by atoms with Gasteiger partial charge in [0.25, 0.3) is 0 Å². The summed E-state index contributed by atoms with van der Waals surface area (Å²) in [7, 11) is 0. The molecule has 1 aliphatic carbocycles. The number of aryl methyl sites for hydroxylation is 1. The van der Waals surface area contributed by atoms with Crippen molar-refractivity contribution < 1.29 is 18.3 Å². The molecule has 1 aromatic heterocycles. The van der Waals surface area contributed by atoms with Crippen molar-refractivity contribution in [2.45, 2.75) is 59.0 Å². The molecule has 27 heavy (non-hydrogen) atoms. The monoisotopic (exact) mass is 370 g/mol. The Hall–Kier alpha value is -2.23. The predicted octanol–water partition coefficient (Wildman–Crippen LogP) is 6.78. The van der Waals surface area contributed by atoms with Crippen LogP contribution in [0, 0.1) is 18.7 Å². The summed E-state index contributed by atoms with van der Waals surface area (Å²) in [6.07, 6.45) is 6.25. The van der Waals surface area contributed by atoms with Crippen molar-refractivity contribution >= 4 is 21.9 Å². The molecule has 1 heterocycles. The van der Waals surface area contributed by atoms with E-state index in [-0.39, 0.29) is 17.4 Å². The van der Waals surface area contributed by atoms with Gasteiger partial charge in [-0.15, -0.1) is 0 Å². The Labute approximate surface area is 159 Å². The van der Waals surface area contributed by atoms with Crippen LogP contribution in [0.1, 0.15) is 51.5 Å². The average molecular weight is 370 g/mol. The van der Waals surface area contributed by atoms with Gasteiger partial charge in [0, 0.05) is 16.3 Å². The Balaban J connectivity index is 1.67. The third-order valence-corrected chi connectivity index (χ3v) is 5.70. The molecule has 0 saturated heterocycles. The molecule has 1 saturated carbocycles. The summed E-state index contributed by atoms with van der Waals surface area (Å²) >= 11 is 0. The van der Waals surface area contributed by atoms with Crippen LogP contribution in [0.4, 0.5) is 4.39 Å². The summed E-state index contributed by atoms with van der Waals surface area (Å²) in [5, 5.41) is 1.68. The number of halogens is 1. The summed E-state index contributed by atoms with van der Waals surface area (Å²) in [5.74, 6) is 1.41. The molecule has 1 aliphatic rings. The van der Waals surface area contributed by atoms with Crippen LogP contribution in [0.15, 0.2) is 28.7 Å². The first-order chi connectivity index (χ1) is 13.1. The maximum Gasteiger partial charge on any atom is 0.208 e. The summed E-state index contributed by atoms with van der Waals surface area (Å²) in [6.45, 7) is 6.48. The molecule has 0 amide bonds. The van der Waals surface area contributed by atoms with Gasteiger partial charge in [0.15, 0.2) is 11.3 Å². The lowest BCUT2D eigenvalue weighted by Gasteiger charge is -2.16. The fourth-order valence-corrected chi connectivity index (χ4v) is 4.35. The van der Waals surface area contributed by atoms with Crippen molar-refractivity contribution in [3.05, 3.63) is 35.6 Å². The Morgan fingerprint density at radius 2 is 1.78 bits per heavy atom. The minimum atomic E-state index is -0.439. The summed E-state index contributed by atoms with van der Waals surface area (Å²) in [4.78, 5) is 0. The lowest BCUT2D eigenvalue weighted by molar-refractivity contribution is 0.202. The third kappa shape index (κ3) is 3.26. The van der Waals surface area contributed by atoms with Gasteiger partial charge in [-0.2, -0.15) is 4.39 Å². The number of fused-ring (bicyclic) bond motifs is 3. The van der Waals surface area contributed by atoms with Crippen molar-refractivity contribution in [2.24, 2.45) is 5.92 Å². The molecular formula is C23H27FO3. The molecule has 3 aromatic rings. The smallest absolute Gasteiger partial charge is 0.208 e. The number of furan rings is 1. The van der Waals surface area contributed by atoms with E-state index >= 15 is 0 Å². The van der Waals surface area contributed by atoms with Crippen LogP contribution in [-0.4, -0.2) is 12.7 Å². The summed E-state index contributed by atoms with van der Waals surface area (Å²) in [5.41, 5.74) is 1.87. The van der Waals surface area contributed by atoms with Crippen LogP contribution < -0.4 is 9.47 Å². The molecule has 2 aromatic carbocycles. The quantitative estimate of drug-likeness (QED) is 0.479. The molecule has 0 bridgehead atoms. The van der Waals surface area contributed by atoms with E-state index in [1.165, 1.54) is 19.3 Å². The molecule has 3 nitrogen and oxygen atoms in total. The predicted molar refractivity (Wildman–Crippen MR) is 106 cm³/mol. The van der Waals surface area contributed by atoms with Gasteiger partial charge in [-0.25, -0.2) is 0 Å². The van der Waals surface area contributed by atoms with E-state index < -0.39 is 5.82 Å². The van der Waals surface area contributed by atoms with Crippen molar-refractivity contribution in [1.29, 1.82) is 0 Å². The Morgan fingerprint density at radius 3 is 2.52 bits per heavy atom. The first-order valence-corrected chi connectivity index (χ1v) is 10.1. The van der Waals surface area contributed by atoms with Crippen molar-refractivity contribution in [1.82, 2.24) is 0 Å². The van der Waals surface area contributed by atoms with Gasteiger partial charge in [0.2, 0.25) is 5.82 Å². The number of rotatable bonds is 6. The average Bonchev–Trinajstić information content (AvgIpc) is 3.25. The molecule has 2 atom stereocenters. The SMILES string of the molecule is CCCC1CCC(Oc2ccc3c(oc4c(F)c(OCC)ccc43)c2C)C1. The van der Waals surface area contributed by atoms with Crippen molar-refractivity contribution in [2.75, 3.05) is 6.61 Å². The zero-order valence-electron chi connectivity index (χ0n) is 16.3. The Kier molecular flexibility index (Phi) is 4.98. The van der Waals surface area contributed by atoms with E-state index in [1.54, 1.807) is 6.07 Å². The number of ether oxygens (including phenoxy) is 2. The van der Waals surface area contributed by atoms with Crippen LogP contribution >= 0.6 is 0 Å². The highest BCUT2D eigenvalue weighted by Gasteiger charge is 2.26. The Bertz CT molecular complexity index is 959. The van der Waals surface area contributed by atoms with Crippen LogP contribution in [0.3, 0.4) is 0 Å². The molecule has 4 rings (SSSR count). The second-order valence-electron chi connectivity index (χ2n) is 7.56. The van der Waals surface area contributed by atoms with Crippen LogP contribution in [-0.2, 0) is 0 Å². The molecular weight excluding hydrogens is 343 g/mol. The number of hydrogen-bond donors (Lipinski definition) is 0. The van der Waals surface area contributed by atoms with E-state index in [1.807, 2.05) is 32.0 Å². The van der Waals surface area contributed by atoms with Gasteiger partial charge < -0.3 is 13.9 Å². The molecule has 0 N–H and O–H groups in total. The third-order valence-electron chi connectivity index (χ3n) is 5.70. The van der Waals surface area contributed by atoms with Gasteiger partial charge in [0.1, 0.15) is 11.3 Å². The molecule has 144 valence electrons. The van der Waals surface area contributed by atoms with Gasteiger partial charge in [-0.3, -0.25) is 0 Å². The molecule has 0 spiro atoms. The zero-order chi connectivity index (χ0) is 19.0. The van der Waals surface area contributed by atoms with E-state index in [0.29, 0.717) is 12.2 Å². The van der Waals surface area contributed by atoms with Crippen LogP contribution in [0.25, 0.3) is 21.9 Å². The van der Waals surface area contributed by atoms with Crippen LogP contribution in [0.2, 0.25) is 0 Å². The van der Waals surface area contributed by atoms with Gasteiger partial charge in [0.05, 0.1) is 12.7 Å². The topological polar surface area (TPSA) is 31.6 Å². The van der Waals surface area contributed by atoms with E-state index in [4.69, 9.17) is 13.9 Å². The molecule has 4 heteroatoms. The van der Waals surface area contributed by atoms with Gasteiger partial charge in [-0.05, 0) is 63.3 Å². The minimum absolute atomic E-state index is 0.228. The van der Waals surface area contributed by atoms with E-state index in [2.05, 4.69) is 6.92 Å². The highest BCUT2D eigenvalue weighted by Crippen LogP contribution is 2.39. The van der Waals surface area contributed by atoms with Crippen molar-refractivity contribution in [3.8, 4) is 11.5 Å². The highest BCUT2D eigenvalue weighted by atomic mass is 19.1. The molecule has 1 fully saturated rings. The second-order valence-corrected chi connectivity index (χ2v) is 7.56. The zero-order valence-corrected chi connectivity index (χ0v) is 16.3. The van der Waals surface area contributed by atoms with Crippen LogP contribution in [0.5, 0.6) is 11.5 Å². The number of hydrogen-bond acceptors (Lipinski definition) is 3. The lowest BCUT2D eigenvalue weighted by atomic mass is 10.0. The lowest BCUT2D eigenvalue weighted by Crippen LogP contribution is -2.12. The van der Waals surface area contributed by atoms with Crippen molar-refractivity contribution in [3.63, 3.8) is 0 Å². The first kappa shape index (κ1) is 18.1. The summed E-state index contributed by atoms with van der Waals surface area (Å²) < 4.78 is 32.3. The van der Waals surface area contributed by atoms with Gasteiger partial charge in [-0.1, -0.05) is 19.8 Å². The maximum absolute atomic E-state index is 14.7. The van der Waals surface area contributed by atoms with E-state index in [0.717, 1.165) is 40.8 Å². The second kappa shape index (κ2) is 7.41. The minimum Gasteiger partial charge on any atom is -0.491 e. The fourth-order valence-electron chi connectivity index (χ4n) is 4.35. The largest absolute Gasteiger partial charge is 0.491 e.